The molecule has 1 aromatic rings. The summed E-state index contributed by atoms with van der Waals surface area (Å²) in [5.74, 6) is -1.21. The number of thiocarbonyl (C=S) groups is 1. The van der Waals surface area contributed by atoms with Gasteiger partial charge in [-0.15, -0.1) is 0 Å². The first kappa shape index (κ1) is 8.97. The molecule has 0 fully saturated rings. The Bertz CT molecular complexity index is 312. The first-order valence-electron chi connectivity index (χ1n) is 3.21. The van der Waals surface area contributed by atoms with Crippen LogP contribution in [0, 0.1) is 11.6 Å². The highest BCUT2D eigenvalue weighted by Gasteiger charge is 1.98. The molecule has 0 aliphatic heterocycles. The second-order valence-electron chi connectivity index (χ2n) is 2.19. The van der Waals surface area contributed by atoms with Crippen LogP contribution in [0.2, 0.25) is 0 Å². The Balaban J connectivity index is 2.92. The highest BCUT2D eigenvalue weighted by atomic mass is 32.1. The number of hydrogen-bond acceptors (Lipinski definition) is 2. The van der Waals surface area contributed by atoms with E-state index in [1.807, 2.05) is 0 Å². The van der Waals surface area contributed by atoms with Gasteiger partial charge in [-0.3, -0.25) is 0 Å². The summed E-state index contributed by atoms with van der Waals surface area (Å²) >= 11 is 4.31. The molecule has 0 aliphatic carbocycles. The van der Waals surface area contributed by atoms with Gasteiger partial charge in [-0.1, -0.05) is 0 Å². The Morgan fingerprint density at radius 3 is 2.33 bits per heavy atom. The molecule has 0 unspecified atom stereocenters. The lowest BCUT2D eigenvalue weighted by Crippen LogP contribution is -1.86. The lowest BCUT2D eigenvalue weighted by Gasteiger charge is -1.95. The molecule has 0 saturated carbocycles. The second kappa shape index (κ2) is 4.04. The summed E-state index contributed by atoms with van der Waals surface area (Å²) in [6, 6.07) is 3.23. The van der Waals surface area contributed by atoms with E-state index < -0.39 is 11.6 Å². The zero-order valence-corrected chi connectivity index (χ0v) is 6.87. The Morgan fingerprint density at radius 1 is 1.25 bits per heavy atom. The predicted molar refractivity (Wildman–Crippen MR) is 45.1 cm³/mol. The molecule has 1 aromatic carbocycles. The molecular weight excluding hydrogens is 180 g/mol. The van der Waals surface area contributed by atoms with Crippen molar-refractivity contribution in [2.75, 3.05) is 0 Å². The van der Waals surface area contributed by atoms with E-state index in [1.54, 1.807) is 0 Å². The largest absolute Gasteiger partial charge is 0.228 e. The highest BCUT2D eigenvalue weighted by molar-refractivity contribution is 7.78. The quantitative estimate of drug-likeness (QED) is 0.509. The second-order valence-corrected chi connectivity index (χ2v) is 2.37. The average Bonchev–Trinajstić information content (AvgIpc) is 1.99. The molecule has 0 aromatic heterocycles. The van der Waals surface area contributed by atoms with Crippen molar-refractivity contribution in [3.05, 3.63) is 35.4 Å². The molecule has 0 heterocycles. The third kappa shape index (κ3) is 2.49. The minimum Gasteiger partial charge on any atom is -0.228 e. The molecule has 12 heavy (non-hydrogen) atoms. The molecule has 0 N–H and O–H groups in total. The molecular formula is C8H5F2NS. The van der Waals surface area contributed by atoms with E-state index in [0.717, 1.165) is 6.07 Å². The number of halogens is 2. The minimum absolute atomic E-state index is 0.165. The van der Waals surface area contributed by atoms with E-state index in [4.69, 9.17) is 0 Å². The van der Waals surface area contributed by atoms with Crippen molar-refractivity contribution in [1.82, 2.24) is 0 Å². The molecule has 4 heteroatoms. The summed E-state index contributed by atoms with van der Waals surface area (Å²) in [7, 11) is 0. The van der Waals surface area contributed by atoms with Gasteiger partial charge < -0.3 is 0 Å². The fraction of sp³-hybridized carbons (Fsp3) is 0.125. The van der Waals surface area contributed by atoms with Crippen molar-refractivity contribution < 1.29 is 8.78 Å². The molecule has 1 rings (SSSR count). The molecule has 0 spiro atoms. The summed E-state index contributed by atoms with van der Waals surface area (Å²) < 4.78 is 25.1. The first-order chi connectivity index (χ1) is 5.72. The number of nitrogens with zero attached hydrogens (tertiary/aromatic N) is 1. The average molecular weight is 185 g/mol. The van der Waals surface area contributed by atoms with E-state index in [2.05, 4.69) is 22.4 Å². The number of aliphatic imine (C=N–C) groups is 1. The van der Waals surface area contributed by atoms with Crippen molar-refractivity contribution in [2.24, 2.45) is 4.99 Å². The Labute approximate surface area is 73.7 Å². The van der Waals surface area contributed by atoms with Gasteiger partial charge in [-0.05, 0) is 29.9 Å². The van der Waals surface area contributed by atoms with Crippen molar-refractivity contribution in [1.29, 1.82) is 0 Å². The minimum atomic E-state index is -0.607. The summed E-state index contributed by atoms with van der Waals surface area (Å²) in [6.07, 6.45) is 0. The number of benzene rings is 1. The highest BCUT2D eigenvalue weighted by Crippen LogP contribution is 2.08. The maximum Gasteiger partial charge on any atom is 0.126 e. The van der Waals surface area contributed by atoms with Crippen molar-refractivity contribution >= 4 is 17.4 Å². The molecule has 0 amide bonds. The monoisotopic (exact) mass is 185 g/mol. The van der Waals surface area contributed by atoms with Gasteiger partial charge in [0.1, 0.15) is 11.6 Å². The van der Waals surface area contributed by atoms with E-state index >= 15 is 0 Å². The third-order valence-electron chi connectivity index (χ3n) is 1.25. The van der Waals surface area contributed by atoms with Crippen LogP contribution in [-0.4, -0.2) is 5.16 Å². The smallest absolute Gasteiger partial charge is 0.126 e. The lowest BCUT2D eigenvalue weighted by molar-refractivity contribution is 0.580. The van der Waals surface area contributed by atoms with Crippen LogP contribution in [-0.2, 0) is 6.54 Å². The van der Waals surface area contributed by atoms with Crippen molar-refractivity contribution in [3.8, 4) is 0 Å². The van der Waals surface area contributed by atoms with Gasteiger partial charge in [0.2, 0.25) is 0 Å². The van der Waals surface area contributed by atoms with Crippen LogP contribution in [0.5, 0.6) is 0 Å². The van der Waals surface area contributed by atoms with Gasteiger partial charge in [0.05, 0.1) is 11.7 Å². The zero-order valence-electron chi connectivity index (χ0n) is 6.05. The molecule has 0 radical (unpaired) electrons. The summed E-state index contributed by atoms with van der Waals surface area (Å²) in [5, 5.41) is 2.12. The maximum absolute atomic E-state index is 12.5. The predicted octanol–water partition coefficient (Wildman–Crippen LogP) is 2.57. The zero-order chi connectivity index (χ0) is 8.97. The standard InChI is InChI=1S/C8H5F2NS/c9-7-1-6(4-11-5-12)2-8(10)3-7/h1-3H,4H2. The lowest BCUT2D eigenvalue weighted by atomic mass is 10.2. The Hall–Kier alpha value is -1.12. The van der Waals surface area contributed by atoms with Crippen LogP contribution in [0.1, 0.15) is 5.56 Å². The maximum atomic E-state index is 12.5. The van der Waals surface area contributed by atoms with E-state index in [-0.39, 0.29) is 6.54 Å². The fourth-order valence-electron chi connectivity index (χ4n) is 0.826. The molecule has 1 nitrogen and oxygen atoms in total. The van der Waals surface area contributed by atoms with Gasteiger partial charge in [0.15, 0.2) is 0 Å². The third-order valence-corrected chi connectivity index (χ3v) is 1.38. The van der Waals surface area contributed by atoms with Crippen LogP contribution in [0.25, 0.3) is 0 Å². The molecule has 62 valence electrons. The van der Waals surface area contributed by atoms with Gasteiger partial charge in [0.25, 0.3) is 0 Å². The van der Waals surface area contributed by atoms with Crippen LogP contribution in [0.3, 0.4) is 0 Å². The van der Waals surface area contributed by atoms with Crippen LogP contribution >= 0.6 is 12.2 Å². The summed E-state index contributed by atoms with van der Waals surface area (Å²) in [6.45, 7) is 0.165. The SMILES string of the molecule is Fc1cc(F)cc(CN=C=S)c1. The fourth-order valence-corrected chi connectivity index (χ4v) is 0.890. The van der Waals surface area contributed by atoms with E-state index in [0.29, 0.717) is 5.56 Å². The van der Waals surface area contributed by atoms with Gasteiger partial charge in [0, 0.05) is 6.07 Å². The van der Waals surface area contributed by atoms with Crippen molar-refractivity contribution in [2.45, 2.75) is 6.54 Å². The summed E-state index contributed by atoms with van der Waals surface area (Å²) in [5.41, 5.74) is 0.449. The Morgan fingerprint density at radius 2 is 1.83 bits per heavy atom. The van der Waals surface area contributed by atoms with Gasteiger partial charge in [-0.25, -0.2) is 13.8 Å². The molecule has 0 saturated heterocycles. The van der Waals surface area contributed by atoms with Gasteiger partial charge in [-0.2, -0.15) is 0 Å². The van der Waals surface area contributed by atoms with Crippen molar-refractivity contribution in [3.63, 3.8) is 0 Å². The molecule has 0 aliphatic rings. The number of hydrogen-bond donors (Lipinski definition) is 0. The topological polar surface area (TPSA) is 12.4 Å². The summed E-state index contributed by atoms with van der Waals surface area (Å²) in [4.78, 5) is 3.56. The number of rotatable bonds is 2. The van der Waals surface area contributed by atoms with Gasteiger partial charge >= 0.3 is 0 Å². The molecule has 0 atom stereocenters. The van der Waals surface area contributed by atoms with Crippen LogP contribution in [0.15, 0.2) is 23.2 Å². The normalized spacial score (nSPS) is 9.17. The van der Waals surface area contributed by atoms with Crippen LogP contribution < -0.4 is 0 Å². The first-order valence-corrected chi connectivity index (χ1v) is 3.62. The van der Waals surface area contributed by atoms with E-state index in [9.17, 15) is 8.78 Å². The Kier molecular flexibility index (Phi) is 3.02. The van der Waals surface area contributed by atoms with E-state index in [1.165, 1.54) is 12.1 Å². The van der Waals surface area contributed by atoms with Crippen LogP contribution in [0.4, 0.5) is 8.78 Å². The number of isothiocyanates is 1. The molecule has 0 bridgehead atoms.